The van der Waals surface area contributed by atoms with E-state index >= 15 is 0 Å². The third kappa shape index (κ3) is 2.82. The number of hydrogen-bond donors (Lipinski definition) is 1. The molecule has 2 unspecified atom stereocenters. The van der Waals surface area contributed by atoms with Gasteiger partial charge < -0.3 is 9.52 Å². The highest BCUT2D eigenvalue weighted by atomic mass is 32.2. The van der Waals surface area contributed by atoms with Gasteiger partial charge in [0.1, 0.15) is 0 Å². The fourth-order valence-corrected chi connectivity index (χ4v) is 4.09. The van der Waals surface area contributed by atoms with Gasteiger partial charge in [0.15, 0.2) is 0 Å². The Balaban J connectivity index is 2.28. The lowest BCUT2D eigenvalue weighted by Gasteiger charge is -2.33. The van der Waals surface area contributed by atoms with Crippen LogP contribution in [0.15, 0.2) is 21.6 Å². The molecule has 1 aliphatic heterocycles. The molecular weight excluding hydrogens is 270 g/mol. The van der Waals surface area contributed by atoms with E-state index in [9.17, 15) is 13.2 Å². The summed E-state index contributed by atoms with van der Waals surface area (Å²) < 4.78 is 31.0. The molecule has 0 amide bonds. The van der Waals surface area contributed by atoms with Crippen LogP contribution in [-0.4, -0.2) is 36.9 Å². The standard InChI is InChI=1S/C12H17NO5S/c1-8-5-9(2)7-13(6-8)19(16,17)11-4-3-10(18-11)12(14)15/h3-4,8-9H,5-7H2,1-2H3,(H,14,15). The second-order valence-corrected chi connectivity index (χ2v) is 7.06. The highest BCUT2D eigenvalue weighted by Crippen LogP contribution is 2.27. The molecule has 1 aliphatic rings. The quantitative estimate of drug-likeness (QED) is 0.913. The van der Waals surface area contributed by atoms with Gasteiger partial charge in [0.05, 0.1) is 0 Å². The third-order valence-corrected chi connectivity index (χ3v) is 4.93. The van der Waals surface area contributed by atoms with Gasteiger partial charge in [-0.3, -0.25) is 0 Å². The van der Waals surface area contributed by atoms with Gasteiger partial charge in [0.2, 0.25) is 10.9 Å². The van der Waals surface area contributed by atoms with Crippen molar-refractivity contribution in [1.82, 2.24) is 4.31 Å². The Kier molecular flexibility index (Phi) is 3.69. The van der Waals surface area contributed by atoms with Crippen molar-refractivity contribution in [3.05, 3.63) is 17.9 Å². The molecule has 0 saturated carbocycles. The van der Waals surface area contributed by atoms with Crippen LogP contribution in [0.5, 0.6) is 0 Å². The van der Waals surface area contributed by atoms with Gasteiger partial charge in [0, 0.05) is 13.1 Å². The first-order valence-electron chi connectivity index (χ1n) is 6.14. The number of aromatic carboxylic acids is 1. The van der Waals surface area contributed by atoms with E-state index in [1.807, 2.05) is 13.8 Å². The molecule has 1 aromatic rings. The van der Waals surface area contributed by atoms with E-state index in [0.717, 1.165) is 12.5 Å². The second kappa shape index (κ2) is 4.97. The minimum atomic E-state index is -3.74. The molecule has 0 bridgehead atoms. The maximum Gasteiger partial charge on any atom is 0.371 e. The van der Waals surface area contributed by atoms with Crippen LogP contribution < -0.4 is 0 Å². The molecule has 2 atom stereocenters. The van der Waals surface area contributed by atoms with E-state index in [4.69, 9.17) is 9.52 Å². The molecule has 7 heteroatoms. The highest BCUT2D eigenvalue weighted by Gasteiger charge is 2.34. The first kappa shape index (κ1) is 14.1. The Labute approximate surface area is 112 Å². The van der Waals surface area contributed by atoms with Crippen molar-refractivity contribution in [3.63, 3.8) is 0 Å². The monoisotopic (exact) mass is 287 g/mol. The topological polar surface area (TPSA) is 87.8 Å². The minimum absolute atomic E-state index is 0.285. The van der Waals surface area contributed by atoms with Crippen LogP contribution in [0.3, 0.4) is 0 Å². The zero-order valence-electron chi connectivity index (χ0n) is 10.9. The molecule has 0 aromatic carbocycles. The number of piperidine rings is 1. The number of carboxylic acids is 1. The second-order valence-electron chi connectivity index (χ2n) is 5.19. The molecule has 6 nitrogen and oxygen atoms in total. The summed E-state index contributed by atoms with van der Waals surface area (Å²) >= 11 is 0. The Hall–Kier alpha value is -1.34. The minimum Gasteiger partial charge on any atom is -0.475 e. The number of carboxylic acid groups (broad SMARTS) is 1. The van der Waals surface area contributed by atoms with Crippen LogP contribution in [0.4, 0.5) is 0 Å². The Morgan fingerprint density at radius 2 is 1.89 bits per heavy atom. The van der Waals surface area contributed by atoms with Crippen molar-refractivity contribution in [2.45, 2.75) is 25.4 Å². The number of carbonyl (C=O) groups is 1. The van der Waals surface area contributed by atoms with E-state index in [-0.39, 0.29) is 22.7 Å². The molecule has 2 heterocycles. The Morgan fingerprint density at radius 3 is 2.37 bits per heavy atom. The third-order valence-electron chi connectivity index (χ3n) is 3.22. The molecule has 0 aliphatic carbocycles. The fraction of sp³-hybridized carbons (Fsp3) is 0.583. The summed E-state index contributed by atoms with van der Waals surface area (Å²) in [5, 5.41) is 8.46. The number of nitrogens with zero attached hydrogens (tertiary/aromatic N) is 1. The fourth-order valence-electron chi connectivity index (χ4n) is 2.50. The normalized spacial score (nSPS) is 25.4. The van der Waals surface area contributed by atoms with Crippen LogP contribution in [0.2, 0.25) is 0 Å². The summed E-state index contributed by atoms with van der Waals surface area (Å²) in [5.74, 6) is -1.07. The summed E-state index contributed by atoms with van der Waals surface area (Å²) in [7, 11) is -3.74. The Bertz CT molecular complexity index is 567. The van der Waals surface area contributed by atoms with E-state index in [1.54, 1.807) is 0 Å². The smallest absolute Gasteiger partial charge is 0.371 e. The van der Waals surface area contributed by atoms with Crippen LogP contribution in [0, 0.1) is 11.8 Å². The number of rotatable bonds is 3. The van der Waals surface area contributed by atoms with Crippen molar-refractivity contribution < 1.29 is 22.7 Å². The zero-order valence-corrected chi connectivity index (χ0v) is 11.7. The van der Waals surface area contributed by atoms with Gasteiger partial charge in [-0.25, -0.2) is 13.2 Å². The number of hydrogen-bond acceptors (Lipinski definition) is 4. The average molecular weight is 287 g/mol. The van der Waals surface area contributed by atoms with Crippen molar-refractivity contribution in [2.75, 3.05) is 13.1 Å². The predicted octanol–water partition coefficient (Wildman–Crippen LogP) is 1.64. The lowest BCUT2D eigenvalue weighted by molar-refractivity contribution is 0.0656. The van der Waals surface area contributed by atoms with Crippen LogP contribution in [0.1, 0.15) is 30.8 Å². The lowest BCUT2D eigenvalue weighted by Crippen LogP contribution is -2.42. The van der Waals surface area contributed by atoms with E-state index in [0.29, 0.717) is 13.1 Å². The van der Waals surface area contributed by atoms with Crippen LogP contribution in [-0.2, 0) is 10.0 Å². The van der Waals surface area contributed by atoms with Crippen molar-refractivity contribution in [3.8, 4) is 0 Å². The van der Waals surface area contributed by atoms with Crippen molar-refractivity contribution >= 4 is 16.0 Å². The maximum absolute atomic E-state index is 12.4. The van der Waals surface area contributed by atoms with E-state index in [2.05, 4.69) is 0 Å². The summed E-state index contributed by atoms with van der Waals surface area (Å²) in [4.78, 5) is 10.7. The molecule has 1 fully saturated rings. The van der Waals surface area contributed by atoms with E-state index < -0.39 is 16.0 Å². The molecule has 1 saturated heterocycles. The number of sulfonamides is 1. The summed E-state index contributed by atoms with van der Waals surface area (Å²) in [6.07, 6.45) is 0.991. The number of furan rings is 1. The SMILES string of the molecule is CC1CC(C)CN(S(=O)(=O)c2ccc(C(=O)O)o2)C1. The van der Waals surface area contributed by atoms with Gasteiger partial charge in [-0.05, 0) is 30.4 Å². The molecule has 1 N–H and O–H groups in total. The summed E-state index contributed by atoms with van der Waals surface area (Å²) in [5.41, 5.74) is 0. The molecule has 19 heavy (non-hydrogen) atoms. The molecule has 2 rings (SSSR count). The molecule has 106 valence electrons. The van der Waals surface area contributed by atoms with Crippen LogP contribution >= 0.6 is 0 Å². The highest BCUT2D eigenvalue weighted by molar-refractivity contribution is 7.89. The van der Waals surface area contributed by atoms with Gasteiger partial charge in [-0.15, -0.1) is 0 Å². The van der Waals surface area contributed by atoms with Crippen molar-refractivity contribution in [2.24, 2.45) is 11.8 Å². The summed E-state index contributed by atoms with van der Waals surface area (Å²) in [6.45, 7) is 4.89. The van der Waals surface area contributed by atoms with Crippen molar-refractivity contribution in [1.29, 1.82) is 0 Å². The predicted molar refractivity (Wildman–Crippen MR) is 67.4 cm³/mol. The molecular formula is C12H17NO5S. The van der Waals surface area contributed by atoms with Gasteiger partial charge in [0.25, 0.3) is 10.0 Å². The Morgan fingerprint density at radius 1 is 1.32 bits per heavy atom. The molecule has 1 aromatic heterocycles. The lowest BCUT2D eigenvalue weighted by atomic mass is 9.94. The first-order chi connectivity index (χ1) is 8.80. The maximum atomic E-state index is 12.4. The molecule has 0 spiro atoms. The average Bonchev–Trinajstić information content (AvgIpc) is 2.77. The van der Waals surface area contributed by atoms with Gasteiger partial charge in [-0.1, -0.05) is 13.8 Å². The van der Waals surface area contributed by atoms with E-state index in [1.165, 1.54) is 10.4 Å². The first-order valence-corrected chi connectivity index (χ1v) is 7.58. The molecule has 0 radical (unpaired) electrons. The van der Waals surface area contributed by atoms with Crippen LogP contribution in [0.25, 0.3) is 0 Å². The summed E-state index contributed by atoms with van der Waals surface area (Å²) in [6, 6.07) is 2.36. The van der Waals surface area contributed by atoms with Gasteiger partial charge in [-0.2, -0.15) is 4.31 Å². The largest absolute Gasteiger partial charge is 0.475 e. The zero-order chi connectivity index (χ0) is 14.2. The van der Waals surface area contributed by atoms with Gasteiger partial charge >= 0.3 is 5.97 Å².